The quantitative estimate of drug-likeness (QED) is 0.363. The van der Waals surface area contributed by atoms with Crippen LogP contribution in [0.2, 0.25) is 0 Å². The number of thioether (sulfide) groups is 1. The molecule has 1 saturated heterocycles. The van der Waals surface area contributed by atoms with Gasteiger partial charge in [-0.05, 0) is 11.1 Å². The van der Waals surface area contributed by atoms with Crippen molar-refractivity contribution < 1.29 is 4.79 Å². The third-order valence-electron chi connectivity index (χ3n) is 5.78. The molecule has 1 N–H and O–H groups in total. The number of aromatic nitrogens is 4. The minimum Gasteiger partial charge on any atom is -0.341 e. The number of hydrogen-bond donors (Lipinski definition) is 1. The Hall–Kier alpha value is -3.23. The van der Waals surface area contributed by atoms with E-state index in [0.717, 1.165) is 36.7 Å². The molecule has 0 radical (unpaired) electrons. The molecule has 0 spiro atoms. The molecule has 1 amide bonds. The normalized spacial score (nSPS) is 14.8. The highest BCUT2D eigenvalue weighted by atomic mass is 32.2. The number of aromatic amines is 1. The fraction of sp³-hybridized carbons (Fsp3) is 0.250. The van der Waals surface area contributed by atoms with Crippen molar-refractivity contribution in [3.05, 3.63) is 84.4 Å². The first-order valence-corrected chi connectivity index (χ1v) is 11.7. The molecule has 1 aliphatic heterocycles. The number of carbonyl (C=O) groups excluding carboxylic acids is 1. The minimum absolute atomic E-state index is 0.136. The van der Waals surface area contributed by atoms with Gasteiger partial charge >= 0.3 is 0 Å². The molecule has 4 aromatic rings. The SMILES string of the molecule is O=C(CSc1ncnc2nc[nH]c12)N1CCN(C(c2ccccc2)c2ccccc2)CC1. The third kappa shape index (κ3) is 4.37. The number of hydrogen-bond acceptors (Lipinski definition) is 6. The van der Waals surface area contributed by atoms with Gasteiger partial charge in [-0.15, -0.1) is 0 Å². The Balaban J connectivity index is 1.23. The van der Waals surface area contributed by atoms with Gasteiger partial charge in [0.2, 0.25) is 5.91 Å². The van der Waals surface area contributed by atoms with E-state index in [0.29, 0.717) is 11.4 Å². The summed E-state index contributed by atoms with van der Waals surface area (Å²) in [6.07, 6.45) is 3.09. The Bertz CT molecular complexity index is 1140. The Labute approximate surface area is 190 Å². The minimum atomic E-state index is 0.136. The highest BCUT2D eigenvalue weighted by Gasteiger charge is 2.28. The monoisotopic (exact) mass is 444 g/mol. The first-order valence-electron chi connectivity index (χ1n) is 10.7. The van der Waals surface area contributed by atoms with E-state index in [1.54, 1.807) is 6.33 Å². The van der Waals surface area contributed by atoms with E-state index in [9.17, 15) is 4.79 Å². The van der Waals surface area contributed by atoms with Crippen molar-refractivity contribution in [2.75, 3.05) is 31.9 Å². The smallest absolute Gasteiger partial charge is 0.233 e. The molecule has 0 bridgehead atoms. The average Bonchev–Trinajstić information content (AvgIpc) is 3.34. The maximum Gasteiger partial charge on any atom is 0.233 e. The lowest BCUT2D eigenvalue weighted by atomic mass is 9.96. The molecule has 0 aliphatic carbocycles. The summed E-state index contributed by atoms with van der Waals surface area (Å²) in [4.78, 5) is 32.9. The van der Waals surface area contributed by atoms with Crippen LogP contribution < -0.4 is 0 Å². The van der Waals surface area contributed by atoms with Gasteiger partial charge in [0.25, 0.3) is 0 Å². The van der Waals surface area contributed by atoms with Crippen LogP contribution in [0.15, 0.2) is 78.3 Å². The molecule has 8 heteroatoms. The lowest BCUT2D eigenvalue weighted by molar-refractivity contribution is -0.130. The Kier molecular flexibility index (Phi) is 6.13. The number of piperazine rings is 1. The zero-order valence-electron chi connectivity index (χ0n) is 17.6. The molecule has 1 aliphatic rings. The summed E-state index contributed by atoms with van der Waals surface area (Å²) < 4.78 is 0. The first kappa shape index (κ1) is 20.7. The van der Waals surface area contributed by atoms with E-state index in [1.807, 2.05) is 4.90 Å². The Morgan fingerprint density at radius 1 is 0.906 bits per heavy atom. The van der Waals surface area contributed by atoms with E-state index in [-0.39, 0.29) is 11.9 Å². The topological polar surface area (TPSA) is 78.0 Å². The van der Waals surface area contributed by atoms with Crippen LogP contribution in [0.4, 0.5) is 0 Å². The van der Waals surface area contributed by atoms with E-state index < -0.39 is 0 Å². The average molecular weight is 445 g/mol. The second-order valence-electron chi connectivity index (χ2n) is 7.71. The van der Waals surface area contributed by atoms with Gasteiger partial charge in [0.05, 0.1) is 18.1 Å². The second kappa shape index (κ2) is 9.50. The van der Waals surface area contributed by atoms with Gasteiger partial charge in [-0.2, -0.15) is 0 Å². The molecular formula is C24H24N6OS. The van der Waals surface area contributed by atoms with Crippen LogP contribution in [0.1, 0.15) is 17.2 Å². The molecule has 3 heterocycles. The number of rotatable bonds is 6. The zero-order chi connectivity index (χ0) is 21.8. The zero-order valence-corrected chi connectivity index (χ0v) is 18.4. The number of fused-ring (bicyclic) bond motifs is 1. The van der Waals surface area contributed by atoms with Crippen LogP contribution in [0.3, 0.4) is 0 Å². The highest BCUT2D eigenvalue weighted by Crippen LogP contribution is 2.29. The van der Waals surface area contributed by atoms with Crippen molar-refractivity contribution in [2.45, 2.75) is 11.1 Å². The molecule has 2 aromatic heterocycles. The maximum atomic E-state index is 12.9. The van der Waals surface area contributed by atoms with Crippen molar-refractivity contribution in [1.82, 2.24) is 29.7 Å². The van der Waals surface area contributed by atoms with Crippen molar-refractivity contribution in [3.63, 3.8) is 0 Å². The van der Waals surface area contributed by atoms with Crippen LogP contribution in [0.25, 0.3) is 11.2 Å². The van der Waals surface area contributed by atoms with E-state index in [1.165, 1.54) is 29.2 Å². The molecule has 0 unspecified atom stereocenters. The lowest BCUT2D eigenvalue weighted by Crippen LogP contribution is -2.50. The predicted octanol–water partition coefficient (Wildman–Crippen LogP) is 3.38. The van der Waals surface area contributed by atoms with Crippen LogP contribution in [0, 0.1) is 0 Å². The van der Waals surface area contributed by atoms with Crippen LogP contribution >= 0.6 is 11.8 Å². The van der Waals surface area contributed by atoms with Crippen molar-refractivity contribution in [1.29, 1.82) is 0 Å². The summed E-state index contributed by atoms with van der Waals surface area (Å²) in [6.45, 7) is 3.12. The molecule has 162 valence electrons. The number of benzene rings is 2. The van der Waals surface area contributed by atoms with Gasteiger partial charge < -0.3 is 9.88 Å². The maximum absolute atomic E-state index is 12.9. The standard InChI is InChI=1S/C24H24N6OS/c31-20(15-32-24-21-23(26-16-25-21)27-17-28-24)29-11-13-30(14-12-29)22(18-7-3-1-4-8-18)19-9-5-2-6-10-19/h1-10,16-17,22H,11-15H2,(H,25,26,27,28). The summed E-state index contributed by atoms with van der Waals surface area (Å²) in [6, 6.07) is 21.4. The number of amides is 1. The first-order chi connectivity index (χ1) is 15.8. The van der Waals surface area contributed by atoms with E-state index in [2.05, 4.69) is 85.5 Å². The summed E-state index contributed by atoms with van der Waals surface area (Å²) >= 11 is 1.43. The van der Waals surface area contributed by atoms with Gasteiger partial charge in [-0.3, -0.25) is 9.69 Å². The lowest BCUT2D eigenvalue weighted by Gasteiger charge is -2.39. The summed E-state index contributed by atoms with van der Waals surface area (Å²) in [5.74, 6) is 0.489. The molecule has 32 heavy (non-hydrogen) atoms. The fourth-order valence-electron chi connectivity index (χ4n) is 4.19. The van der Waals surface area contributed by atoms with Gasteiger partial charge in [0, 0.05) is 26.2 Å². The molecular weight excluding hydrogens is 420 g/mol. The number of H-pyrrole nitrogens is 1. The molecule has 2 aromatic carbocycles. The molecule has 7 nitrogen and oxygen atoms in total. The number of nitrogens with one attached hydrogen (secondary N) is 1. The van der Waals surface area contributed by atoms with Crippen LogP contribution in [0.5, 0.6) is 0 Å². The summed E-state index contributed by atoms with van der Waals surface area (Å²) in [5, 5.41) is 0.757. The number of carbonyl (C=O) groups is 1. The number of nitrogens with zero attached hydrogens (tertiary/aromatic N) is 5. The van der Waals surface area contributed by atoms with Gasteiger partial charge in [-0.1, -0.05) is 72.4 Å². The molecule has 1 fully saturated rings. The highest BCUT2D eigenvalue weighted by molar-refractivity contribution is 8.00. The van der Waals surface area contributed by atoms with Crippen LogP contribution in [-0.4, -0.2) is 67.6 Å². The summed E-state index contributed by atoms with van der Waals surface area (Å²) in [7, 11) is 0. The number of imidazole rings is 1. The Morgan fingerprint density at radius 3 is 2.22 bits per heavy atom. The Morgan fingerprint density at radius 2 is 1.56 bits per heavy atom. The van der Waals surface area contributed by atoms with E-state index in [4.69, 9.17) is 0 Å². The second-order valence-corrected chi connectivity index (χ2v) is 8.67. The van der Waals surface area contributed by atoms with Crippen molar-refractivity contribution in [3.8, 4) is 0 Å². The van der Waals surface area contributed by atoms with Gasteiger partial charge in [-0.25, -0.2) is 15.0 Å². The molecule has 0 atom stereocenters. The van der Waals surface area contributed by atoms with E-state index >= 15 is 0 Å². The van der Waals surface area contributed by atoms with Crippen LogP contribution in [-0.2, 0) is 4.79 Å². The van der Waals surface area contributed by atoms with Gasteiger partial charge in [0.15, 0.2) is 5.65 Å². The fourth-order valence-corrected chi connectivity index (χ4v) is 5.05. The summed E-state index contributed by atoms with van der Waals surface area (Å²) in [5.41, 5.74) is 3.96. The van der Waals surface area contributed by atoms with Crippen molar-refractivity contribution >= 4 is 28.8 Å². The third-order valence-corrected chi connectivity index (χ3v) is 6.76. The van der Waals surface area contributed by atoms with Crippen molar-refractivity contribution in [2.24, 2.45) is 0 Å². The largest absolute Gasteiger partial charge is 0.341 e. The predicted molar refractivity (Wildman–Crippen MR) is 125 cm³/mol. The van der Waals surface area contributed by atoms with Gasteiger partial charge in [0.1, 0.15) is 16.9 Å². The molecule has 0 saturated carbocycles. The molecule has 5 rings (SSSR count).